The van der Waals surface area contributed by atoms with Gasteiger partial charge in [0.2, 0.25) is 0 Å². The van der Waals surface area contributed by atoms with Gasteiger partial charge in [-0.05, 0) is 37.1 Å². The Hall–Kier alpha value is -0.0800. The van der Waals surface area contributed by atoms with Gasteiger partial charge in [0.15, 0.2) is 0 Å². The SMILES string of the molecule is CC(C)C(CN)C(N)C1CCCCC1. The quantitative estimate of drug-likeness (QED) is 0.727. The lowest BCUT2D eigenvalue weighted by atomic mass is 9.76. The van der Waals surface area contributed by atoms with Gasteiger partial charge >= 0.3 is 0 Å². The average molecular weight is 198 g/mol. The molecule has 1 aliphatic carbocycles. The summed E-state index contributed by atoms with van der Waals surface area (Å²) >= 11 is 0. The van der Waals surface area contributed by atoms with Crippen LogP contribution in [0.15, 0.2) is 0 Å². The fourth-order valence-corrected chi connectivity index (χ4v) is 2.74. The second-order valence-electron chi connectivity index (χ2n) is 5.12. The molecule has 14 heavy (non-hydrogen) atoms. The minimum absolute atomic E-state index is 0.334. The second-order valence-corrected chi connectivity index (χ2v) is 5.12. The monoisotopic (exact) mass is 198 g/mol. The Morgan fingerprint density at radius 2 is 1.71 bits per heavy atom. The molecule has 0 amide bonds. The maximum Gasteiger partial charge on any atom is 0.0110 e. The number of hydrogen-bond donors (Lipinski definition) is 2. The minimum atomic E-state index is 0.334. The fraction of sp³-hybridized carbons (Fsp3) is 1.00. The molecule has 0 aromatic heterocycles. The van der Waals surface area contributed by atoms with Crippen molar-refractivity contribution < 1.29 is 0 Å². The van der Waals surface area contributed by atoms with E-state index in [9.17, 15) is 0 Å². The lowest BCUT2D eigenvalue weighted by Crippen LogP contribution is -2.44. The van der Waals surface area contributed by atoms with Gasteiger partial charge in [-0.1, -0.05) is 33.1 Å². The molecule has 0 radical (unpaired) electrons. The smallest absolute Gasteiger partial charge is 0.0110 e. The molecular weight excluding hydrogens is 172 g/mol. The Morgan fingerprint density at radius 1 is 1.14 bits per heavy atom. The Labute approximate surface area is 88.4 Å². The van der Waals surface area contributed by atoms with Gasteiger partial charge in [-0.25, -0.2) is 0 Å². The zero-order valence-corrected chi connectivity index (χ0v) is 9.71. The van der Waals surface area contributed by atoms with Gasteiger partial charge < -0.3 is 11.5 Å². The first-order valence-electron chi connectivity index (χ1n) is 6.12. The molecular formula is C12H26N2. The van der Waals surface area contributed by atoms with Crippen LogP contribution in [0.2, 0.25) is 0 Å². The largest absolute Gasteiger partial charge is 0.330 e. The molecule has 1 fully saturated rings. The zero-order chi connectivity index (χ0) is 10.6. The first-order chi connectivity index (χ1) is 6.66. The van der Waals surface area contributed by atoms with Crippen LogP contribution in [0.5, 0.6) is 0 Å². The van der Waals surface area contributed by atoms with Crippen LogP contribution >= 0.6 is 0 Å². The Bertz CT molecular complexity index is 150. The molecule has 0 saturated heterocycles. The van der Waals surface area contributed by atoms with Crippen molar-refractivity contribution in [3.05, 3.63) is 0 Å². The van der Waals surface area contributed by atoms with E-state index in [1.54, 1.807) is 0 Å². The van der Waals surface area contributed by atoms with Gasteiger partial charge in [0.1, 0.15) is 0 Å². The molecule has 2 heteroatoms. The van der Waals surface area contributed by atoms with E-state index in [1.807, 2.05) is 0 Å². The van der Waals surface area contributed by atoms with Crippen LogP contribution in [-0.2, 0) is 0 Å². The average Bonchev–Trinajstić information content (AvgIpc) is 2.19. The summed E-state index contributed by atoms with van der Waals surface area (Å²) in [4.78, 5) is 0. The fourth-order valence-electron chi connectivity index (χ4n) is 2.74. The van der Waals surface area contributed by atoms with E-state index in [1.165, 1.54) is 32.1 Å². The van der Waals surface area contributed by atoms with E-state index in [0.29, 0.717) is 17.9 Å². The molecule has 0 aromatic carbocycles. The van der Waals surface area contributed by atoms with Gasteiger partial charge in [0, 0.05) is 6.04 Å². The van der Waals surface area contributed by atoms with Gasteiger partial charge in [-0.2, -0.15) is 0 Å². The number of rotatable bonds is 4. The van der Waals surface area contributed by atoms with Crippen molar-refractivity contribution in [2.45, 2.75) is 52.0 Å². The Morgan fingerprint density at radius 3 is 2.14 bits per heavy atom. The standard InChI is InChI=1S/C12H26N2/c1-9(2)11(8-13)12(14)10-6-4-3-5-7-10/h9-12H,3-8,13-14H2,1-2H3. The summed E-state index contributed by atoms with van der Waals surface area (Å²) in [5.74, 6) is 1.87. The van der Waals surface area contributed by atoms with E-state index >= 15 is 0 Å². The summed E-state index contributed by atoms with van der Waals surface area (Å²) in [7, 11) is 0. The summed E-state index contributed by atoms with van der Waals surface area (Å²) in [6.07, 6.45) is 6.79. The second kappa shape index (κ2) is 5.72. The third-order valence-electron chi connectivity index (χ3n) is 3.82. The molecule has 1 rings (SSSR count). The van der Waals surface area contributed by atoms with Crippen LogP contribution in [0.1, 0.15) is 46.0 Å². The van der Waals surface area contributed by atoms with E-state index < -0.39 is 0 Å². The molecule has 0 aliphatic heterocycles. The highest BCUT2D eigenvalue weighted by atomic mass is 14.7. The highest BCUT2D eigenvalue weighted by Gasteiger charge is 2.28. The predicted octanol–water partition coefficient (Wildman–Crippen LogP) is 2.12. The third-order valence-corrected chi connectivity index (χ3v) is 3.82. The molecule has 1 aliphatic rings. The number of hydrogen-bond acceptors (Lipinski definition) is 2. The molecule has 0 aromatic rings. The highest BCUT2D eigenvalue weighted by molar-refractivity contribution is 4.84. The van der Waals surface area contributed by atoms with Crippen molar-refractivity contribution >= 4 is 0 Å². The van der Waals surface area contributed by atoms with E-state index in [4.69, 9.17) is 11.5 Å². The van der Waals surface area contributed by atoms with Gasteiger partial charge in [0.25, 0.3) is 0 Å². The van der Waals surface area contributed by atoms with Crippen molar-refractivity contribution in [1.29, 1.82) is 0 Å². The first kappa shape index (κ1) is 12.0. The van der Waals surface area contributed by atoms with E-state index in [-0.39, 0.29) is 0 Å². The van der Waals surface area contributed by atoms with Crippen LogP contribution < -0.4 is 11.5 Å². The van der Waals surface area contributed by atoms with Gasteiger partial charge in [0.05, 0.1) is 0 Å². The summed E-state index contributed by atoms with van der Waals surface area (Å²) in [5, 5.41) is 0. The minimum Gasteiger partial charge on any atom is -0.330 e. The molecule has 4 N–H and O–H groups in total. The third kappa shape index (κ3) is 2.96. The lowest BCUT2D eigenvalue weighted by molar-refractivity contribution is 0.210. The van der Waals surface area contributed by atoms with Crippen LogP contribution in [0, 0.1) is 17.8 Å². The maximum absolute atomic E-state index is 6.32. The zero-order valence-electron chi connectivity index (χ0n) is 9.71. The molecule has 0 spiro atoms. The summed E-state index contributed by atoms with van der Waals surface area (Å²) in [6, 6.07) is 0.334. The highest BCUT2D eigenvalue weighted by Crippen LogP contribution is 2.30. The first-order valence-corrected chi connectivity index (χ1v) is 6.12. The van der Waals surface area contributed by atoms with E-state index in [0.717, 1.165) is 12.5 Å². The molecule has 84 valence electrons. The van der Waals surface area contributed by atoms with Crippen LogP contribution in [-0.4, -0.2) is 12.6 Å². The van der Waals surface area contributed by atoms with Crippen molar-refractivity contribution in [1.82, 2.24) is 0 Å². The van der Waals surface area contributed by atoms with Crippen molar-refractivity contribution in [3.63, 3.8) is 0 Å². The molecule has 2 unspecified atom stereocenters. The molecule has 1 saturated carbocycles. The van der Waals surface area contributed by atoms with Crippen LogP contribution in [0.25, 0.3) is 0 Å². The topological polar surface area (TPSA) is 52.0 Å². The number of nitrogens with two attached hydrogens (primary N) is 2. The van der Waals surface area contributed by atoms with E-state index in [2.05, 4.69) is 13.8 Å². The molecule has 0 bridgehead atoms. The molecule has 0 heterocycles. The molecule has 2 atom stereocenters. The van der Waals surface area contributed by atoms with Crippen molar-refractivity contribution in [3.8, 4) is 0 Å². The predicted molar refractivity (Wildman–Crippen MR) is 61.9 cm³/mol. The normalized spacial score (nSPS) is 23.8. The van der Waals surface area contributed by atoms with Crippen LogP contribution in [0.3, 0.4) is 0 Å². The maximum atomic E-state index is 6.32. The van der Waals surface area contributed by atoms with Crippen molar-refractivity contribution in [2.24, 2.45) is 29.2 Å². The summed E-state index contributed by atoms with van der Waals surface area (Å²) in [5.41, 5.74) is 12.1. The Balaban J connectivity index is 2.47. The van der Waals surface area contributed by atoms with Crippen LogP contribution in [0.4, 0.5) is 0 Å². The van der Waals surface area contributed by atoms with Gasteiger partial charge in [-0.15, -0.1) is 0 Å². The Kier molecular flexibility index (Phi) is 4.90. The van der Waals surface area contributed by atoms with Gasteiger partial charge in [-0.3, -0.25) is 0 Å². The molecule has 2 nitrogen and oxygen atoms in total. The lowest BCUT2D eigenvalue weighted by Gasteiger charge is -2.34. The summed E-state index contributed by atoms with van der Waals surface area (Å²) in [6.45, 7) is 5.22. The summed E-state index contributed by atoms with van der Waals surface area (Å²) < 4.78 is 0. The van der Waals surface area contributed by atoms with Crippen molar-refractivity contribution in [2.75, 3.05) is 6.54 Å².